The average molecular weight is 663 g/mol. The van der Waals surface area contributed by atoms with E-state index in [9.17, 15) is 0 Å². The molecule has 0 N–H and O–H groups in total. The third kappa shape index (κ3) is 5.26. The van der Waals surface area contributed by atoms with E-state index in [-0.39, 0.29) is 0 Å². The minimum absolute atomic E-state index is 0.881. The van der Waals surface area contributed by atoms with E-state index < -0.39 is 0 Å². The van der Waals surface area contributed by atoms with Crippen LogP contribution in [-0.4, -0.2) is 19.9 Å². The monoisotopic (exact) mass is 662 g/mol. The summed E-state index contributed by atoms with van der Waals surface area (Å²) in [6, 6.07) is 61.3. The molecular weight excluding hydrogens is 633 g/mol. The minimum Gasteiger partial charge on any atom is -0.254 e. The first-order valence-electron chi connectivity index (χ1n) is 17.5. The van der Waals surface area contributed by atoms with Gasteiger partial charge in [0.15, 0.2) is 0 Å². The van der Waals surface area contributed by atoms with E-state index in [1.807, 2.05) is 36.5 Å². The molecule has 4 heteroatoms. The quantitative estimate of drug-likeness (QED) is 0.172. The molecule has 0 aliphatic rings. The van der Waals surface area contributed by atoms with E-state index in [1.54, 1.807) is 0 Å². The summed E-state index contributed by atoms with van der Waals surface area (Å²) >= 11 is 0. The van der Waals surface area contributed by atoms with Crippen molar-refractivity contribution in [2.45, 2.75) is 0 Å². The van der Waals surface area contributed by atoms with Crippen LogP contribution in [0.5, 0.6) is 0 Å². The summed E-state index contributed by atoms with van der Waals surface area (Å²) in [6.07, 6.45) is 1.90. The van der Waals surface area contributed by atoms with Gasteiger partial charge in [-0.05, 0) is 58.7 Å². The molecule has 0 bridgehead atoms. The fourth-order valence-corrected chi connectivity index (χ4v) is 7.24. The summed E-state index contributed by atoms with van der Waals surface area (Å²) in [6.45, 7) is 0. The number of pyridine rings is 4. The van der Waals surface area contributed by atoms with E-state index >= 15 is 0 Å². The Kier molecular flexibility index (Phi) is 7.10. The molecule has 242 valence electrons. The SMILES string of the molecule is c1ccc(-c2cc(-c3ccc(-c4ccc5ccccc5n4)cc3)c3ccc4c(-c5ccc(-c6ccc7ccccc7n6)cc5)ccnc4c3n2)cc1. The second-order valence-electron chi connectivity index (χ2n) is 13.1. The van der Waals surface area contributed by atoms with Gasteiger partial charge in [0.2, 0.25) is 0 Å². The Morgan fingerprint density at radius 1 is 0.308 bits per heavy atom. The van der Waals surface area contributed by atoms with Gasteiger partial charge in [0.25, 0.3) is 0 Å². The Labute approximate surface area is 300 Å². The molecule has 0 atom stereocenters. The molecular formula is C48H30N4. The zero-order valence-electron chi connectivity index (χ0n) is 28.1. The third-order valence-electron chi connectivity index (χ3n) is 9.94. The molecule has 0 saturated heterocycles. The average Bonchev–Trinajstić information content (AvgIpc) is 3.23. The van der Waals surface area contributed by atoms with Gasteiger partial charge in [-0.25, -0.2) is 15.0 Å². The molecule has 6 aromatic carbocycles. The lowest BCUT2D eigenvalue weighted by Gasteiger charge is -2.14. The lowest BCUT2D eigenvalue weighted by Crippen LogP contribution is -1.94. The highest BCUT2D eigenvalue weighted by Gasteiger charge is 2.16. The number of hydrogen-bond acceptors (Lipinski definition) is 4. The fraction of sp³-hybridized carbons (Fsp3) is 0. The fourth-order valence-electron chi connectivity index (χ4n) is 7.24. The van der Waals surface area contributed by atoms with Gasteiger partial charge in [-0.15, -0.1) is 0 Å². The Morgan fingerprint density at radius 3 is 1.42 bits per heavy atom. The van der Waals surface area contributed by atoms with Crippen molar-refractivity contribution >= 4 is 43.6 Å². The van der Waals surface area contributed by atoms with Crippen molar-refractivity contribution in [3.8, 4) is 56.0 Å². The van der Waals surface area contributed by atoms with E-state index in [1.165, 1.54) is 0 Å². The predicted molar refractivity (Wildman–Crippen MR) is 215 cm³/mol. The lowest BCUT2D eigenvalue weighted by atomic mass is 9.94. The van der Waals surface area contributed by atoms with Gasteiger partial charge in [0.1, 0.15) is 0 Å². The number of hydrogen-bond donors (Lipinski definition) is 0. The molecule has 0 aliphatic carbocycles. The lowest BCUT2D eigenvalue weighted by molar-refractivity contribution is 1.37. The van der Waals surface area contributed by atoms with Crippen LogP contribution in [-0.2, 0) is 0 Å². The minimum atomic E-state index is 0.881. The second-order valence-corrected chi connectivity index (χ2v) is 13.1. The van der Waals surface area contributed by atoms with Crippen LogP contribution < -0.4 is 0 Å². The highest BCUT2D eigenvalue weighted by atomic mass is 14.8. The van der Waals surface area contributed by atoms with Crippen molar-refractivity contribution in [3.63, 3.8) is 0 Å². The number of aromatic nitrogens is 4. The molecule has 52 heavy (non-hydrogen) atoms. The molecule has 0 unspecified atom stereocenters. The highest BCUT2D eigenvalue weighted by Crippen LogP contribution is 2.38. The zero-order chi connectivity index (χ0) is 34.4. The van der Waals surface area contributed by atoms with Crippen molar-refractivity contribution in [2.75, 3.05) is 0 Å². The van der Waals surface area contributed by atoms with Crippen molar-refractivity contribution in [2.24, 2.45) is 0 Å². The topological polar surface area (TPSA) is 51.6 Å². The van der Waals surface area contributed by atoms with Gasteiger partial charge in [-0.2, -0.15) is 0 Å². The molecule has 4 heterocycles. The third-order valence-corrected chi connectivity index (χ3v) is 9.94. The van der Waals surface area contributed by atoms with Crippen LogP contribution in [0.15, 0.2) is 182 Å². The van der Waals surface area contributed by atoms with Crippen molar-refractivity contribution in [1.82, 2.24) is 19.9 Å². The molecule has 0 aliphatic heterocycles. The zero-order valence-corrected chi connectivity index (χ0v) is 28.1. The van der Waals surface area contributed by atoms with Crippen LogP contribution in [0.25, 0.3) is 99.6 Å². The van der Waals surface area contributed by atoms with Gasteiger partial charge in [0, 0.05) is 44.4 Å². The Balaban J connectivity index is 1.08. The summed E-state index contributed by atoms with van der Waals surface area (Å²) in [5.74, 6) is 0. The van der Waals surface area contributed by atoms with E-state index in [2.05, 4.69) is 146 Å². The highest BCUT2D eigenvalue weighted by molar-refractivity contribution is 6.12. The van der Waals surface area contributed by atoms with Crippen molar-refractivity contribution < 1.29 is 0 Å². The number of benzene rings is 6. The summed E-state index contributed by atoms with van der Waals surface area (Å²) in [4.78, 5) is 20.1. The molecule has 0 amide bonds. The van der Waals surface area contributed by atoms with Gasteiger partial charge < -0.3 is 0 Å². The second kappa shape index (κ2) is 12.4. The summed E-state index contributed by atoms with van der Waals surface area (Å²) in [7, 11) is 0. The van der Waals surface area contributed by atoms with Crippen LogP contribution in [0.3, 0.4) is 0 Å². The standard InChI is InChI=1S/C48H30N4/c1-2-8-33(9-3-1)46-30-41(32-16-20-37(21-17-32)45-27-23-35-11-5-7-13-43(35)51-45)40-25-24-39-38(28-29-49-47(39)48(40)52-46)31-14-18-36(19-15-31)44-26-22-34-10-4-6-12-42(34)50-44/h1-30H. The molecule has 4 aromatic heterocycles. The van der Waals surface area contributed by atoms with E-state index in [0.29, 0.717) is 0 Å². The summed E-state index contributed by atoms with van der Waals surface area (Å²) in [5.41, 5.74) is 14.3. The Bertz CT molecular complexity index is 2940. The first kappa shape index (κ1) is 29.8. The Morgan fingerprint density at radius 2 is 0.808 bits per heavy atom. The molecule has 0 spiro atoms. The normalized spacial score (nSPS) is 11.5. The maximum Gasteiger partial charge on any atom is 0.0978 e. The van der Waals surface area contributed by atoms with Gasteiger partial charge >= 0.3 is 0 Å². The number of para-hydroxylation sites is 2. The first-order valence-corrected chi connectivity index (χ1v) is 17.5. The maximum absolute atomic E-state index is 5.29. The first-order chi connectivity index (χ1) is 25.7. The van der Waals surface area contributed by atoms with E-state index in [0.717, 1.165) is 99.6 Å². The number of fused-ring (bicyclic) bond motifs is 5. The van der Waals surface area contributed by atoms with Crippen LogP contribution in [0, 0.1) is 0 Å². The maximum atomic E-state index is 5.29. The smallest absolute Gasteiger partial charge is 0.0978 e. The van der Waals surface area contributed by atoms with Crippen molar-refractivity contribution in [1.29, 1.82) is 0 Å². The Hall–Kier alpha value is -7.04. The summed E-state index contributed by atoms with van der Waals surface area (Å²) < 4.78 is 0. The van der Waals surface area contributed by atoms with Crippen LogP contribution in [0.2, 0.25) is 0 Å². The molecule has 0 saturated carbocycles. The van der Waals surface area contributed by atoms with Crippen molar-refractivity contribution in [3.05, 3.63) is 182 Å². The molecule has 10 aromatic rings. The van der Waals surface area contributed by atoms with Crippen LogP contribution in [0.1, 0.15) is 0 Å². The number of nitrogens with zero attached hydrogens (tertiary/aromatic N) is 4. The van der Waals surface area contributed by atoms with Crippen LogP contribution >= 0.6 is 0 Å². The summed E-state index contributed by atoms with van der Waals surface area (Å²) in [5, 5.41) is 4.40. The van der Waals surface area contributed by atoms with Crippen LogP contribution in [0.4, 0.5) is 0 Å². The van der Waals surface area contributed by atoms with Gasteiger partial charge in [-0.3, -0.25) is 4.98 Å². The van der Waals surface area contributed by atoms with E-state index in [4.69, 9.17) is 19.9 Å². The largest absolute Gasteiger partial charge is 0.254 e. The molecule has 4 nitrogen and oxygen atoms in total. The predicted octanol–water partition coefficient (Wildman–Crippen LogP) is 12.2. The molecule has 0 fully saturated rings. The number of rotatable bonds is 5. The molecule has 0 radical (unpaired) electrons. The molecule has 10 rings (SSSR count). The van der Waals surface area contributed by atoms with Gasteiger partial charge in [-0.1, -0.05) is 140 Å². The van der Waals surface area contributed by atoms with Gasteiger partial charge in [0.05, 0.1) is 39.1 Å².